The number of Topliss-reactive ketones (excluding diaryl/α,β-unsaturated/α-hetero) is 1. The minimum atomic E-state index is 0.216. The molecule has 0 radical (unpaired) electrons. The van der Waals surface area contributed by atoms with E-state index < -0.39 is 0 Å². The summed E-state index contributed by atoms with van der Waals surface area (Å²) in [4.78, 5) is 11.5. The molecule has 0 bridgehead atoms. The van der Waals surface area contributed by atoms with Crippen LogP contribution in [-0.4, -0.2) is 5.78 Å². The second-order valence-electron chi connectivity index (χ2n) is 3.19. The fourth-order valence-corrected chi connectivity index (χ4v) is 1.73. The first kappa shape index (κ1) is 10.5. The Morgan fingerprint density at radius 1 is 1.31 bits per heavy atom. The number of halogens is 1. The van der Waals surface area contributed by atoms with Crippen LogP contribution in [0.1, 0.15) is 34.8 Å². The van der Waals surface area contributed by atoms with Crippen LogP contribution in [0.15, 0.2) is 16.6 Å². The van der Waals surface area contributed by atoms with Gasteiger partial charge >= 0.3 is 0 Å². The third-order valence-electron chi connectivity index (χ3n) is 2.13. The van der Waals surface area contributed by atoms with Crippen molar-refractivity contribution in [2.45, 2.75) is 27.2 Å². The second kappa shape index (κ2) is 4.05. The molecule has 0 heterocycles. The highest BCUT2D eigenvalue weighted by molar-refractivity contribution is 9.10. The van der Waals surface area contributed by atoms with Gasteiger partial charge in [0, 0.05) is 16.5 Å². The van der Waals surface area contributed by atoms with Crippen molar-refractivity contribution in [1.29, 1.82) is 0 Å². The van der Waals surface area contributed by atoms with E-state index in [1.54, 1.807) is 0 Å². The average Bonchev–Trinajstić information content (AvgIpc) is 2.10. The molecule has 1 nitrogen and oxygen atoms in total. The number of carbonyl (C=O) groups excluding carboxylic acids is 1. The van der Waals surface area contributed by atoms with Crippen molar-refractivity contribution in [3.8, 4) is 0 Å². The minimum Gasteiger partial charge on any atom is -0.294 e. The van der Waals surface area contributed by atoms with Crippen molar-refractivity contribution in [3.63, 3.8) is 0 Å². The summed E-state index contributed by atoms with van der Waals surface area (Å²) in [6.45, 7) is 5.85. The van der Waals surface area contributed by atoms with E-state index in [0.29, 0.717) is 6.42 Å². The number of ketones is 1. The lowest BCUT2D eigenvalue weighted by atomic mass is 10.0. The zero-order valence-electron chi connectivity index (χ0n) is 8.15. The van der Waals surface area contributed by atoms with Gasteiger partial charge in [-0.2, -0.15) is 0 Å². The molecule has 0 N–H and O–H groups in total. The van der Waals surface area contributed by atoms with Crippen molar-refractivity contribution in [2.24, 2.45) is 0 Å². The van der Waals surface area contributed by atoms with Crippen LogP contribution in [0.2, 0.25) is 0 Å². The number of carbonyl (C=O) groups is 1. The predicted octanol–water partition coefficient (Wildman–Crippen LogP) is 3.66. The summed E-state index contributed by atoms with van der Waals surface area (Å²) in [7, 11) is 0. The van der Waals surface area contributed by atoms with E-state index in [1.807, 2.05) is 32.9 Å². The van der Waals surface area contributed by atoms with E-state index >= 15 is 0 Å². The van der Waals surface area contributed by atoms with Crippen molar-refractivity contribution in [2.75, 3.05) is 0 Å². The Kier molecular flexibility index (Phi) is 3.26. The van der Waals surface area contributed by atoms with Gasteiger partial charge in [-0.3, -0.25) is 4.79 Å². The SMILES string of the molecule is CCC(=O)c1cc(C)c(Br)cc1C. The summed E-state index contributed by atoms with van der Waals surface area (Å²) in [5.74, 6) is 0.216. The van der Waals surface area contributed by atoms with Crippen molar-refractivity contribution < 1.29 is 4.79 Å². The molecular weight excluding hydrogens is 228 g/mol. The van der Waals surface area contributed by atoms with Crippen LogP contribution in [0.25, 0.3) is 0 Å². The van der Waals surface area contributed by atoms with Gasteiger partial charge in [0.1, 0.15) is 0 Å². The number of hydrogen-bond acceptors (Lipinski definition) is 1. The fourth-order valence-electron chi connectivity index (χ4n) is 1.27. The number of hydrogen-bond donors (Lipinski definition) is 0. The lowest BCUT2D eigenvalue weighted by molar-refractivity contribution is 0.0987. The fraction of sp³-hybridized carbons (Fsp3) is 0.364. The van der Waals surface area contributed by atoms with Crippen LogP contribution < -0.4 is 0 Å². The smallest absolute Gasteiger partial charge is 0.162 e. The van der Waals surface area contributed by atoms with Gasteiger partial charge in [0.25, 0.3) is 0 Å². The van der Waals surface area contributed by atoms with Gasteiger partial charge in [-0.25, -0.2) is 0 Å². The second-order valence-corrected chi connectivity index (χ2v) is 4.05. The molecule has 70 valence electrons. The van der Waals surface area contributed by atoms with E-state index in [2.05, 4.69) is 15.9 Å². The lowest BCUT2D eigenvalue weighted by Crippen LogP contribution is -2.00. The summed E-state index contributed by atoms with van der Waals surface area (Å²) in [5.41, 5.74) is 3.01. The molecule has 13 heavy (non-hydrogen) atoms. The zero-order valence-corrected chi connectivity index (χ0v) is 9.73. The van der Waals surface area contributed by atoms with E-state index in [1.165, 1.54) is 0 Å². The highest BCUT2D eigenvalue weighted by Gasteiger charge is 2.08. The molecule has 0 saturated heterocycles. The summed E-state index contributed by atoms with van der Waals surface area (Å²) >= 11 is 3.44. The molecule has 0 atom stereocenters. The standard InChI is InChI=1S/C11H13BrO/c1-4-11(13)9-5-8(3)10(12)6-7(9)2/h5-6H,4H2,1-3H3. The molecule has 1 rings (SSSR count). The third kappa shape index (κ3) is 2.19. The van der Waals surface area contributed by atoms with Gasteiger partial charge in [-0.15, -0.1) is 0 Å². The first-order valence-corrected chi connectivity index (χ1v) is 5.15. The largest absolute Gasteiger partial charge is 0.294 e. The molecule has 0 unspecified atom stereocenters. The predicted molar refractivity (Wildman–Crippen MR) is 58.2 cm³/mol. The molecule has 0 spiro atoms. The molecule has 2 heteroatoms. The van der Waals surface area contributed by atoms with Gasteiger partial charge in [0.05, 0.1) is 0 Å². The van der Waals surface area contributed by atoms with Crippen LogP contribution in [0.4, 0.5) is 0 Å². The Labute approximate surface area is 87.3 Å². The van der Waals surface area contributed by atoms with E-state index in [0.717, 1.165) is 21.2 Å². The minimum absolute atomic E-state index is 0.216. The summed E-state index contributed by atoms with van der Waals surface area (Å²) in [6, 6.07) is 3.95. The van der Waals surface area contributed by atoms with E-state index in [9.17, 15) is 4.79 Å². The molecule has 0 aromatic heterocycles. The van der Waals surface area contributed by atoms with Crippen LogP contribution in [0.5, 0.6) is 0 Å². The van der Waals surface area contributed by atoms with Crippen LogP contribution in [0.3, 0.4) is 0 Å². The quantitative estimate of drug-likeness (QED) is 0.722. The molecule has 0 aliphatic carbocycles. The number of benzene rings is 1. The molecule has 0 fully saturated rings. The normalized spacial score (nSPS) is 10.2. The monoisotopic (exact) mass is 240 g/mol. The van der Waals surface area contributed by atoms with Gasteiger partial charge < -0.3 is 0 Å². The molecule has 0 saturated carbocycles. The van der Waals surface area contributed by atoms with Gasteiger partial charge in [-0.1, -0.05) is 22.9 Å². The molecule has 1 aromatic carbocycles. The Morgan fingerprint density at radius 3 is 2.46 bits per heavy atom. The van der Waals surface area contributed by atoms with Gasteiger partial charge in [0.15, 0.2) is 5.78 Å². The van der Waals surface area contributed by atoms with Crippen molar-refractivity contribution >= 4 is 21.7 Å². The summed E-state index contributed by atoms with van der Waals surface area (Å²) in [5, 5.41) is 0. The third-order valence-corrected chi connectivity index (χ3v) is 2.98. The van der Waals surface area contributed by atoms with Crippen LogP contribution in [-0.2, 0) is 0 Å². The van der Waals surface area contributed by atoms with Gasteiger partial charge in [-0.05, 0) is 37.1 Å². The molecule has 0 aliphatic heterocycles. The maximum absolute atomic E-state index is 11.5. The summed E-state index contributed by atoms with van der Waals surface area (Å²) < 4.78 is 1.07. The highest BCUT2D eigenvalue weighted by atomic mass is 79.9. The van der Waals surface area contributed by atoms with E-state index in [4.69, 9.17) is 0 Å². The van der Waals surface area contributed by atoms with Crippen LogP contribution >= 0.6 is 15.9 Å². The molecule has 0 amide bonds. The average molecular weight is 241 g/mol. The molecule has 0 aliphatic rings. The van der Waals surface area contributed by atoms with E-state index in [-0.39, 0.29) is 5.78 Å². The Morgan fingerprint density at radius 2 is 1.92 bits per heavy atom. The Bertz CT molecular complexity index is 342. The highest BCUT2D eigenvalue weighted by Crippen LogP contribution is 2.21. The molecular formula is C11H13BrO. The summed E-state index contributed by atoms with van der Waals surface area (Å²) in [6.07, 6.45) is 0.571. The topological polar surface area (TPSA) is 17.1 Å². The van der Waals surface area contributed by atoms with Crippen LogP contribution in [0, 0.1) is 13.8 Å². The lowest BCUT2D eigenvalue weighted by Gasteiger charge is -2.06. The maximum atomic E-state index is 11.5. The zero-order chi connectivity index (χ0) is 10.0. The van der Waals surface area contributed by atoms with Crippen molar-refractivity contribution in [1.82, 2.24) is 0 Å². The Hall–Kier alpha value is -0.630. The number of aryl methyl sites for hydroxylation is 2. The van der Waals surface area contributed by atoms with Gasteiger partial charge in [0.2, 0.25) is 0 Å². The van der Waals surface area contributed by atoms with Crippen molar-refractivity contribution in [3.05, 3.63) is 33.3 Å². The Balaban J connectivity index is 3.23. The number of rotatable bonds is 2. The maximum Gasteiger partial charge on any atom is 0.162 e. The molecule has 1 aromatic rings. The first-order chi connectivity index (χ1) is 6.06. The first-order valence-electron chi connectivity index (χ1n) is 4.36.